The Morgan fingerprint density at radius 3 is 2.46 bits per heavy atom. The lowest BCUT2D eigenvalue weighted by Crippen LogP contribution is -2.53. The van der Waals surface area contributed by atoms with Crippen LogP contribution in [0.2, 0.25) is 0 Å². The van der Waals surface area contributed by atoms with Crippen LogP contribution in [0.3, 0.4) is 0 Å². The zero-order valence-electron chi connectivity index (χ0n) is 23.2. The van der Waals surface area contributed by atoms with Gasteiger partial charge in [-0.15, -0.1) is 11.3 Å². The maximum Gasteiger partial charge on any atom is 0.238 e. The van der Waals surface area contributed by atoms with Crippen LogP contribution < -0.4 is 14.4 Å². The maximum atomic E-state index is 12.0. The highest BCUT2D eigenvalue weighted by Gasteiger charge is 2.27. The van der Waals surface area contributed by atoms with Gasteiger partial charge >= 0.3 is 0 Å². The fourth-order valence-corrected chi connectivity index (χ4v) is 6.56. The van der Waals surface area contributed by atoms with E-state index in [1.54, 1.807) is 23.6 Å². The van der Waals surface area contributed by atoms with Crippen LogP contribution in [0.1, 0.15) is 26.3 Å². The fraction of sp³-hybridized carbons (Fsp3) is 0.577. The quantitative estimate of drug-likeness (QED) is 0.451. The van der Waals surface area contributed by atoms with E-state index in [-0.39, 0.29) is 17.1 Å². The monoisotopic (exact) mass is 575 g/mol. The summed E-state index contributed by atoms with van der Waals surface area (Å²) in [5.74, 6) is 0.843. The summed E-state index contributed by atoms with van der Waals surface area (Å²) in [7, 11) is -2.07. The number of hydrogen-bond donors (Lipinski definition) is 1. The summed E-state index contributed by atoms with van der Waals surface area (Å²) in [5, 5.41) is 2.18. The standard InChI is InChI=1S/C26H37N7O4S2/c1-26(2,3)33-8-6-31(7-9-33)16-19-17-38-23-21(28-25(29-22(19)23)32-10-12-37-13-11-32)18-14-20(30-39(5,34)35)24(36-4)27-15-18/h14-15,17,30H,6-13,16H2,1-5H3. The van der Waals surface area contributed by atoms with Crippen LogP contribution in [0.15, 0.2) is 17.6 Å². The molecule has 13 heteroatoms. The number of hydrogen-bond acceptors (Lipinski definition) is 11. The number of aromatic nitrogens is 3. The Balaban J connectivity index is 1.53. The normalized spacial score (nSPS) is 18.0. The van der Waals surface area contributed by atoms with Crippen molar-refractivity contribution in [2.75, 3.05) is 75.5 Å². The number of pyridine rings is 1. The first-order chi connectivity index (χ1) is 18.5. The van der Waals surface area contributed by atoms with E-state index < -0.39 is 10.0 Å². The second-order valence-corrected chi connectivity index (χ2v) is 13.6. The zero-order valence-corrected chi connectivity index (χ0v) is 24.9. The predicted molar refractivity (Wildman–Crippen MR) is 155 cm³/mol. The Labute approximate surface area is 234 Å². The number of rotatable bonds is 7. The number of piperazine rings is 1. The summed E-state index contributed by atoms with van der Waals surface area (Å²) >= 11 is 1.61. The molecular weight excluding hydrogens is 538 g/mol. The molecule has 2 aliphatic heterocycles. The number of methoxy groups -OCH3 is 1. The molecule has 0 aromatic carbocycles. The SMILES string of the molecule is COc1ncc(-c2nc(N3CCOCC3)nc3c(CN4CCN(C(C)(C)C)CC4)csc23)cc1NS(C)(=O)=O. The van der Waals surface area contributed by atoms with Gasteiger partial charge in [-0.25, -0.2) is 23.4 Å². The van der Waals surface area contributed by atoms with Gasteiger partial charge in [-0.1, -0.05) is 0 Å². The molecule has 0 amide bonds. The van der Waals surface area contributed by atoms with Gasteiger partial charge in [-0.2, -0.15) is 0 Å². The summed E-state index contributed by atoms with van der Waals surface area (Å²) in [6, 6.07) is 1.73. The van der Waals surface area contributed by atoms with Gasteiger partial charge in [-0.05, 0) is 32.2 Å². The van der Waals surface area contributed by atoms with Crippen molar-refractivity contribution in [1.29, 1.82) is 0 Å². The van der Waals surface area contributed by atoms with Crippen LogP contribution in [0.5, 0.6) is 5.88 Å². The lowest BCUT2D eigenvalue weighted by molar-refractivity contribution is 0.0593. The molecule has 212 valence electrons. The minimum atomic E-state index is -3.53. The molecule has 0 bridgehead atoms. The number of nitrogens with zero attached hydrogens (tertiary/aromatic N) is 6. The molecule has 3 aromatic rings. The van der Waals surface area contributed by atoms with E-state index in [1.165, 1.54) is 12.7 Å². The Morgan fingerprint density at radius 1 is 1.10 bits per heavy atom. The topological polar surface area (TPSA) is 113 Å². The molecule has 2 saturated heterocycles. The second-order valence-electron chi connectivity index (χ2n) is 11.0. The van der Waals surface area contributed by atoms with Crippen LogP contribution >= 0.6 is 11.3 Å². The highest BCUT2D eigenvalue weighted by Crippen LogP contribution is 2.37. The molecule has 5 rings (SSSR count). The third-order valence-corrected chi connectivity index (χ3v) is 8.71. The molecule has 0 radical (unpaired) electrons. The Hall–Kier alpha value is -2.58. The smallest absolute Gasteiger partial charge is 0.238 e. The van der Waals surface area contributed by atoms with E-state index in [1.807, 2.05) is 0 Å². The third kappa shape index (κ3) is 6.43. The second kappa shape index (κ2) is 11.1. The first-order valence-electron chi connectivity index (χ1n) is 13.1. The van der Waals surface area contributed by atoms with Crippen molar-refractivity contribution in [2.45, 2.75) is 32.9 Å². The molecule has 2 aliphatic rings. The summed E-state index contributed by atoms with van der Waals surface area (Å²) in [6.45, 7) is 14.4. The lowest BCUT2D eigenvalue weighted by Gasteiger charge is -2.42. The Kier molecular flexibility index (Phi) is 7.98. The molecule has 11 nitrogen and oxygen atoms in total. The lowest BCUT2D eigenvalue weighted by atomic mass is 10.0. The highest BCUT2D eigenvalue weighted by atomic mass is 32.2. The van der Waals surface area contributed by atoms with Crippen LogP contribution in [0.4, 0.5) is 11.6 Å². The predicted octanol–water partition coefficient (Wildman–Crippen LogP) is 2.89. The molecule has 2 fully saturated rings. The van der Waals surface area contributed by atoms with Crippen LogP contribution in [0.25, 0.3) is 21.5 Å². The van der Waals surface area contributed by atoms with Gasteiger partial charge in [0.25, 0.3) is 0 Å². The van der Waals surface area contributed by atoms with E-state index >= 15 is 0 Å². The largest absolute Gasteiger partial charge is 0.480 e. The summed E-state index contributed by atoms with van der Waals surface area (Å²) in [6.07, 6.45) is 2.77. The zero-order chi connectivity index (χ0) is 27.8. The molecule has 0 aliphatic carbocycles. The van der Waals surface area contributed by atoms with Gasteiger partial charge in [0.1, 0.15) is 5.69 Å². The van der Waals surface area contributed by atoms with Crippen molar-refractivity contribution < 1.29 is 17.9 Å². The van der Waals surface area contributed by atoms with Crippen molar-refractivity contribution in [3.05, 3.63) is 23.2 Å². The Morgan fingerprint density at radius 2 is 1.82 bits per heavy atom. The third-order valence-electron chi connectivity index (χ3n) is 7.10. The molecule has 0 spiro atoms. The van der Waals surface area contributed by atoms with Crippen molar-refractivity contribution in [3.63, 3.8) is 0 Å². The minimum absolute atomic E-state index is 0.174. The molecule has 0 unspecified atom stereocenters. The number of thiophene rings is 1. The fourth-order valence-electron chi connectivity index (χ4n) is 5.00. The van der Waals surface area contributed by atoms with Crippen molar-refractivity contribution in [2.24, 2.45) is 0 Å². The van der Waals surface area contributed by atoms with E-state index in [9.17, 15) is 8.42 Å². The van der Waals surface area contributed by atoms with Crippen LogP contribution in [0, 0.1) is 0 Å². The highest BCUT2D eigenvalue weighted by molar-refractivity contribution is 7.92. The number of fused-ring (bicyclic) bond motifs is 1. The van der Waals surface area contributed by atoms with Crippen molar-refractivity contribution in [1.82, 2.24) is 24.8 Å². The molecule has 1 N–H and O–H groups in total. The van der Waals surface area contributed by atoms with Crippen LogP contribution in [-0.2, 0) is 21.3 Å². The summed E-state index contributed by atoms with van der Waals surface area (Å²) < 4.78 is 38.4. The van der Waals surface area contributed by atoms with Gasteiger partial charge in [0.05, 0.1) is 42.5 Å². The molecule has 0 saturated carbocycles. The molecule has 0 atom stereocenters. The summed E-state index contributed by atoms with van der Waals surface area (Å²) in [5.41, 5.74) is 3.96. The number of nitrogens with one attached hydrogen (secondary N) is 1. The minimum Gasteiger partial charge on any atom is -0.480 e. The van der Waals surface area contributed by atoms with E-state index in [0.29, 0.717) is 37.8 Å². The van der Waals surface area contributed by atoms with Gasteiger partial charge in [0.15, 0.2) is 0 Å². The van der Waals surface area contributed by atoms with Crippen molar-refractivity contribution >= 4 is 43.2 Å². The van der Waals surface area contributed by atoms with Gasteiger partial charge in [0.2, 0.25) is 21.9 Å². The number of anilines is 2. The van der Waals surface area contributed by atoms with Crippen LogP contribution in [-0.4, -0.2) is 105 Å². The molecular formula is C26H37N7O4S2. The summed E-state index contributed by atoms with van der Waals surface area (Å²) in [4.78, 5) is 21.6. The number of ether oxygens (including phenoxy) is 2. The van der Waals surface area contributed by atoms with E-state index in [4.69, 9.17) is 19.4 Å². The number of morpholine rings is 1. The molecule has 5 heterocycles. The van der Waals surface area contributed by atoms with E-state index in [2.05, 4.69) is 50.6 Å². The maximum absolute atomic E-state index is 12.0. The molecule has 3 aromatic heterocycles. The van der Waals surface area contributed by atoms with Crippen molar-refractivity contribution in [3.8, 4) is 17.1 Å². The Bertz CT molecular complexity index is 1420. The van der Waals surface area contributed by atoms with E-state index in [0.717, 1.165) is 54.9 Å². The molecule has 39 heavy (non-hydrogen) atoms. The average Bonchev–Trinajstić information content (AvgIpc) is 3.30. The van der Waals surface area contributed by atoms with Gasteiger partial charge in [0, 0.05) is 68.7 Å². The number of sulfonamides is 1. The van der Waals surface area contributed by atoms with Gasteiger partial charge in [-0.3, -0.25) is 14.5 Å². The first kappa shape index (κ1) is 28.0. The average molecular weight is 576 g/mol. The first-order valence-corrected chi connectivity index (χ1v) is 15.9. The van der Waals surface area contributed by atoms with Gasteiger partial charge < -0.3 is 14.4 Å².